The standard InChI is InChI=1S/C14H18N2S/c1-10(9-17-2)14(15)13-5-3-4-11-8-16-7-6-12(11)13/h3-8,10,14H,9,15H2,1-2H3. The highest BCUT2D eigenvalue weighted by atomic mass is 32.2. The van der Waals surface area contributed by atoms with Crippen LogP contribution in [0.3, 0.4) is 0 Å². The van der Waals surface area contributed by atoms with Crippen molar-refractivity contribution in [1.82, 2.24) is 4.98 Å². The maximum absolute atomic E-state index is 6.36. The van der Waals surface area contributed by atoms with Crippen LogP contribution >= 0.6 is 11.8 Å². The molecule has 2 aromatic rings. The summed E-state index contributed by atoms with van der Waals surface area (Å²) >= 11 is 1.85. The Balaban J connectivity index is 2.41. The molecule has 0 aliphatic rings. The molecule has 0 saturated carbocycles. The number of benzene rings is 1. The second-order valence-corrected chi connectivity index (χ2v) is 5.31. The molecule has 0 fully saturated rings. The lowest BCUT2D eigenvalue weighted by Crippen LogP contribution is -2.21. The number of hydrogen-bond donors (Lipinski definition) is 1. The molecule has 0 bridgehead atoms. The molecule has 90 valence electrons. The molecule has 0 aliphatic carbocycles. The Labute approximate surface area is 107 Å². The van der Waals surface area contributed by atoms with Gasteiger partial charge < -0.3 is 5.73 Å². The van der Waals surface area contributed by atoms with E-state index in [4.69, 9.17) is 5.73 Å². The Hall–Kier alpha value is -1.06. The van der Waals surface area contributed by atoms with Gasteiger partial charge in [-0.25, -0.2) is 0 Å². The van der Waals surface area contributed by atoms with Crippen molar-refractivity contribution in [3.8, 4) is 0 Å². The van der Waals surface area contributed by atoms with Gasteiger partial charge in [-0.3, -0.25) is 4.98 Å². The fourth-order valence-corrected chi connectivity index (χ4v) is 2.84. The SMILES string of the molecule is CSCC(C)C(N)c1cccc2cnccc12. The van der Waals surface area contributed by atoms with Crippen molar-refractivity contribution in [1.29, 1.82) is 0 Å². The highest BCUT2D eigenvalue weighted by Crippen LogP contribution is 2.28. The molecule has 2 atom stereocenters. The zero-order chi connectivity index (χ0) is 12.3. The van der Waals surface area contributed by atoms with Crippen LogP contribution in [0, 0.1) is 5.92 Å². The summed E-state index contributed by atoms with van der Waals surface area (Å²) in [5.41, 5.74) is 7.59. The minimum absolute atomic E-state index is 0.0913. The van der Waals surface area contributed by atoms with Crippen molar-refractivity contribution in [2.24, 2.45) is 11.7 Å². The molecular formula is C14H18N2S. The van der Waals surface area contributed by atoms with Crippen molar-refractivity contribution in [2.45, 2.75) is 13.0 Å². The topological polar surface area (TPSA) is 38.9 Å². The van der Waals surface area contributed by atoms with Gasteiger partial charge >= 0.3 is 0 Å². The molecule has 0 amide bonds. The van der Waals surface area contributed by atoms with E-state index in [0.717, 1.165) is 11.1 Å². The fourth-order valence-electron chi connectivity index (χ4n) is 2.11. The number of rotatable bonds is 4. The van der Waals surface area contributed by atoms with Gasteiger partial charge in [0.05, 0.1) is 0 Å². The Bertz CT molecular complexity index is 493. The molecule has 1 heterocycles. The van der Waals surface area contributed by atoms with E-state index < -0.39 is 0 Å². The normalized spacial score (nSPS) is 14.8. The van der Waals surface area contributed by atoms with Gasteiger partial charge in [-0.2, -0.15) is 11.8 Å². The van der Waals surface area contributed by atoms with Gasteiger partial charge in [-0.05, 0) is 34.9 Å². The Morgan fingerprint density at radius 1 is 1.35 bits per heavy atom. The maximum atomic E-state index is 6.36. The lowest BCUT2D eigenvalue weighted by molar-refractivity contribution is 0.526. The first-order valence-corrected chi connectivity index (χ1v) is 7.20. The quantitative estimate of drug-likeness (QED) is 0.900. The van der Waals surface area contributed by atoms with Crippen molar-refractivity contribution < 1.29 is 0 Å². The summed E-state index contributed by atoms with van der Waals surface area (Å²) in [6.07, 6.45) is 5.85. The van der Waals surface area contributed by atoms with Gasteiger partial charge in [0.25, 0.3) is 0 Å². The van der Waals surface area contributed by atoms with Crippen molar-refractivity contribution in [2.75, 3.05) is 12.0 Å². The van der Waals surface area contributed by atoms with Crippen molar-refractivity contribution in [3.63, 3.8) is 0 Å². The Morgan fingerprint density at radius 3 is 2.94 bits per heavy atom. The molecule has 2 rings (SSSR count). The summed E-state index contributed by atoms with van der Waals surface area (Å²) in [6, 6.07) is 8.41. The maximum Gasteiger partial charge on any atom is 0.0346 e. The highest BCUT2D eigenvalue weighted by molar-refractivity contribution is 7.98. The predicted octanol–water partition coefficient (Wildman–Crippen LogP) is 3.23. The third kappa shape index (κ3) is 2.61. The van der Waals surface area contributed by atoms with Crippen LogP contribution in [0.1, 0.15) is 18.5 Å². The number of hydrogen-bond acceptors (Lipinski definition) is 3. The lowest BCUT2D eigenvalue weighted by Gasteiger charge is -2.21. The van der Waals surface area contributed by atoms with Gasteiger partial charge in [0.2, 0.25) is 0 Å². The van der Waals surface area contributed by atoms with Crippen molar-refractivity contribution in [3.05, 3.63) is 42.2 Å². The van der Waals surface area contributed by atoms with E-state index in [1.54, 1.807) is 0 Å². The number of fused-ring (bicyclic) bond motifs is 1. The molecule has 2 nitrogen and oxygen atoms in total. The first-order valence-electron chi connectivity index (χ1n) is 5.81. The zero-order valence-corrected chi connectivity index (χ0v) is 11.1. The summed E-state index contributed by atoms with van der Waals surface area (Å²) in [5, 5.41) is 2.39. The Morgan fingerprint density at radius 2 is 2.18 bits per heavy atom. The zero-order valence-electron chi connectivity index (χ0n) is 10.3. The number of nitrogens with zero attached hydrogens (tertiary/aromatic N) is 1. The van der Waals surface area contributed by atoms with Crippen LogP contribution in [0.4, 0.5) is 0 Å². The van der Waals surface area contributed by atoms with Crippen LogP contribution in [0.5, 0.6) is 0 Å². The van der Waals surface area contributed by atoms with Crippen LogP contribution in [-0.4, -0.2) is 17.0 Å². The van der Waals surface area contributed by atoms with Gasteiger partial charge in [0.15, 0.2) is 0 Å². The summed E-state index contributed by atoms with van der Waals surface area (Å²) < 4.78 is 0. The van der Waals surface area contributed by atoms with Crippen LogP contribution < -0.4 is 5.73 Å². The number of aromatic nitrogens is 1. The van der Waals surface area contributed by atoms with Gasteiger partial charge in [0.1, 0.15) is 0 Å². The molecule has 0 radical (unpaired) electrons. The third-order valence-electron chi connectivity index (χ3n) is 3.12. The predicted molar refractivity (Wildman–Crippen MR) is 76.2 cm³/mol. The number of thioether (sulfide) groups is 1. The largest absolute Gasteiger partial charge is 0.324 e. The summed E-state index contributed by atoms with van der Waals surface area (Å²) in [7, 11) is 0. The average molecular weight is 246 g/mol. The van der Waals surface area contributed by atoms with Gasteiger partial charge in [-0.1, -0.05) is 25.1 Å². The average Bonchev–Trinajstić information content (AvgIpc) is 2.37. The summed E-state index contributed by atoms with van der Waals surface area (Å²) in [6.45, 7) is 2.21. The van der Waals surface area contributed by atoms with Gasteiger partial charge in [-0.15, -0.1) is 0 Å². The molecule has 17 heavy (non-hydrogen) atoms. The van der Waals surface area contributed by atoms with Crippen molar-refractivity contribution >= 4 is 22.5 Å². The van der Waals surface area contributed by atoms with Crippen LogP contribution in [0.15, 0.2) is 36.7 Å². The molecule has 1 aromatic carbocycles. The van der Waals surface area contributed by atoms with E-state index in [-0.39, 0.29) is 6.04 Å². The van der Waals surface area contributed by atoms with E-state index >= 15 is 0 Å². The van der Waals surface area contributed by atoms with E-state index in [1.165, 1.54) is 10.9 Å². The summed E-state index contributed by atoms with van der Waals surface area (Å²) in [4.78, 5) is 4.15. The molecule has 2 unspecified atom stereocenters. The molecular weight excluding hydrogens is 228 g/mol. The highest BCUT2D eigenvalue weighted by Gasteiger charge is 2.16. The van der Waals surface area contributed by atoms with Crippen LogP contribution in [-0.2, 0) is 0 Å². The molecule has 0 spiro atoms. The monoisotopic (exact) mass is 246 g/mol. The molecule has 2 N–H and O–H groups in total. The molecule has 0 saturated heterocycles. The minimum Gasteiger partial charge on any atom is -0.324 e. The summed E-state index contributed by atoms with van der Waals surface area (Å²) in [5.74, 6) is 1.56. The van der Waals surface area contributed by atoms with Crippen LogP contribution in [0.2, 0.25) is 0 Å². The van der Waals surface area contributed by atoms with E-state index in [9.17, 15) is 0 Å². The molecule has 1 aromatic heterocycles. The first-order chi connectivity index (χ1) is 8.24. The fraction of sp³-hybridized carbons (Fsp3) is 0.357. The smallest absolute Gasteiger partial charge is 0.0346 e. The second kappa shape index (κ2) is 5.52. The lowest BCUT2D eigenvalue weighted by atomic mass is 9.93. The van der Waals surface area contributed by atoms with E-state index in [1.807, 2.05) is 24.2 Å². The van der Waals surface area contributed by atoms with E-state index in [0.29, 0.717) is 5.92 Å². The molecule has 0 aliphatic heterocycles. The number of pyridine rings is 1. The van der Waals surface area contributed by atoms with E-state index in [2.05, 4.69) is 42.4 Å². The third-order valence-corrected chi connectivity index (χ3v) is 3.98. The Kier molecular flexibility index (Phi) is 4.02. The van der Waals surface area contributed by atoms with Gasteiger partial charge in [0, 0.05) is 23.8 Å². The minimum atomic E-state index is 0.0913. The number of nitrogens with two attached hydrogens (primary N) is 1. The van der Waals surface area contributed by atoms with Crippen LogP contribution in [0.25, 0.3) is 10.8 Å². The first kappa shape index (κ1) is 12.4. The second-order valence-electron chi connectivity index (χ2n) is 4.40. The molecule has 3 heteroatoms.